The zero-order valence-corrected chi connectivity index (χ0v) is 15.9. The number of benzene rings is 3. The summed E-state index contributed by atoms with van der Waals surface area (Å²) in [4.78, 5) is 24.5. The predicted molar refractivity (Wildman–Crippen MR) is 107 cm³/mol. The monoisotopic (exact) mass is 396 g/mol. The molecule has 0 aliphatic rings. The summed E-state index contributed by atoms with van der Waals surface area (Å²) in [7, 11) is 0. The predicted octanol–water partition coefficient (Wildman–Crippen LogP) is 4.14. The number of carbonyl (C=O) groups excluding carboxylic acids is 2. The first-order valence-corrected chi connectivity index (χ1v) is 9.02. The second-order valence-electron chi connectivity index (χ2n) is 6.27. The van der Waals surface area contributed by atoms with Gasteiger partial charge in [-0.1, -0.05) is 36.4 Å². The molecule has 0 fully saturated rings. The molecule has 0 aliphatic heterocycles. The van der Waals surface area contributed by atoms with E-state index in [4.69, 9.17) is 20.0 Å². The molecule has 6 nitrogen and oxygen atoms in total. The molecule has 0 unspecified atom stereocenters. The maximum absolute atomic E-state index is 12.2. The van der Waals surface area contributed by atoms with Gasteiger partial charge in [0.1, 0.15) is 13.2 Å². The van der Waals surface area contributed by atoms with Crippen LogP contribution in [0.3, 0.4) is 0 Å². The summed E-state index contributed by atoms with van der Waals surface area (Å²) in [6.45, 7) is -0.0463. The third-order valence-corrected chi connectivity index (χ3v) is 4.35. The van der Waals surface area contributed by atoms with Crippen molar-refractivity contribution in [1.82, 2.24) is 0 Å². The number of hydrogen-bond donors (Lipinski definition) is 0. The Labute approximate surface area is 173 Å². The van der Waals surface area contributed by atoms with Crippen molar-refractivity contribution in [1.29, 1.82) is 10.5 Å². The van der Waals surface area contributed by atoms with Crippen molar-refractivity contribution in [3.63, 3.8) is 0 Å². The van der Waals surface area contributed by atoms with Crippen molar-refractivity contribution in [2.45, 2.75) is 13.2 Å². The van der Waals surface area contributed by atoms with Gasteiger partial charge in [-0.2, -0.15) is 10.5 Å². The van der Waals surface area contributed by atoms with Crippen LogP contribution in [0.2, 0.25) is 0 Å². The first-order chi connectivity index (χ1) is 14.6. The summed E-state index contributed by atoms with van der Waals surface area (Å²) in [5.74, 6) is -1.13. The van der Waals surface area contributed by atoms with Crippen LogP contribution in [0.4, 0.5) is 0 Å². The van der Waals surface area contributed by atoms with Crippen LogP contribution in [0.1, 0.15) is 43.0 Å². The zero-order chi connectivity index (χ0) is 21.3. The van der Waals surface area contributed by atoms with E-state index < -0.39 is 11.9 Å². The largest absolute Gasteiger partial charge is 0.457 e. The molecule has 0 atom stereocenters. The lowest BCUT2D eigenvalue weighted by Crippen LogP contribution is -2.08. The molecule has 0 saturated heterocycles. The van der Waals surface area contributed by atoms with E-state index in [1.54, 1.807) is 48.5 Å². The van der Waals surface area contributed by atoms with Crippen LogP contribution in [0, 0.1) is 22.7 Å². The number of nitriles is 2. The highest BCUT2D eigenvalue weighted by Gasteiger charge is 2.13. The van der Waals surface area contributed by atoms with Crippen LogP contribution in [0.25, 0.3) is 0 Å². The first kappa shape index (κ1) is 20.3. The summed E-state index contributed by atoms with van der Waals surface area (Å²) >= 11 is 0. The number of rotatable bonds is 6. The summed E-state index contributed by atoms with van der Waals surface area (Å²) < 4.78 is 10.5. The van der Waals surface area contributed by atoms with Crippen molar-refractivity contribution in [2.24, 2.45) is 0 Å². The second-order valence-corrected chi connectivity index (χ2v) is 6.27. The second kappa shape index (κ2) is 9.68. The molecule has 0 amide bonds. The van der Waals surface area contributed by atoms with Crippen LogP contribution in [0.15, 0.2) is 72.8 Å². The van der Waals surface area contributed by atoms with Crippen LogP contribution >= 0.6 is 0 Å². The van der Waals surface area contributed by atoms with Gasteiger partial charge in [0, 0.05) is 11.1 Å². The average Bonchev–Trinajstić information content (AvgIpc) is 2.81. The molecule has 3 aromatic rings. The molecular weight excluding hydrogens is 380 g/mol. The molecular formula is C24H16N2O4. The van der Waals surface area contributed by atoms with Gasteiger partial charge in [0.2, 0.25) is 0 Å². The maximum atomic E-state index is 12.2. The van der Waals surface area contributed by atoms with Gasteiger partial charge in [-0.25, -0.2) is 9.59 Å². The Balaban J connectivity index is 1.58. The van der Waals surface area contributed by atoms with E-state index >= 15 is 0 Å². The van der Waals surface area contributed by atoms with Gasteiger partial charge < -0.3 is 9.47 Å². The minimum absolute atomic E-state index is 0.0232. The summed E-state index contributed by atoms with van der Waals surface area (Å²) in [5.41, 5.74) is 2.67. The minimum Gasteiger partial charge on any atom is -0.457 e. The first-order valence-electron chi connectivity index (χ1n) is 9.02. The molecule has 146 valence electrons. The molecule has 0 N–H and O–H groups in total. The summed E-state index contributed by atoms with van der Waals surface area (Å²) in [6.07, 6.45) is 0. The molecule has 0 aromatic heterocycles. The molecule has 0 bridgehead atoms. The van der Waals surface area contributed by atoms with E-state index in [-0.39, 0.29) is 24.3 Å². The summed E-state index contributed by atoms with van der Waals surface area (Å²) in [5, 5.41) is 18.2. The molecule has 0 spiro atoms. The lowest BCUT2D eigenvalue weighted by Gasteiger charge is -2.08. The minimum atomic E-state index is -0.564. The molecule has 3 aromatic carbocycles. The smallest absolute Gasteiger partial charge is 0.338 e. The molecule has 6 heteroatoms. The third-order valence-electron chi connectivity index (χ3n) is 4.35. The van der Waals surface area contributed by atoms with Crippen molar-refractivity contribution >= 4 is 11.9 Å². The van der Waals surface area contributed by atoms with E-state index in [1.165, 1.54) is 24.3 Å². The molecule has 0 radical (unpaired) electrons. The number of hydrogen-bond acceptors (Lipinski definition) is 6. The lowest BCUT2D eigenvalue weighted by molar-refractivity contribution is 0.0458. The van der Waals surface area contributed by atoms with Crippen LogP contribution in [-0.2, 0) is 22.7 Å². The molecule has 30 heavy (non-hydrogen) atoms. The third kappa shape index (κ3) is 4.89. The van der Waals surface area contributed by atoms with Crippen LogP contribution in [-0.4, -0.2) is 11.9 Å². The van der Waals surface area contributed by atoms with Crippen molar-refractivity contribution in [3.05, 3.63) is 106 Å². The Morgan fingerprint density at radius 2 is 1.00 bits per heavy atom. The van der Waals surface area contributed by atoms with Gasteiger partial charge in [0.05, 0.1) is 34.4 Å². The molecule has 0 heterocycles. The van der Waals surface area contributed by atoms with E-state index in [2.05, 4.69) is 0 Å². The highest BCUT2D eigenvalue weighted by molar-refractivity contribution is 5.93. The van der Waals surface area contributed by atoms with Crippen molar-refractivity contribution in [2.75, 3.05) is 0 Å². The topological polar surface area (TPSA) is 100 Å². The van der Waals surface area contributed by atoms with Gasteiger partial charge in [0.25, 0.3) is 0 Å². The number of ether oxygens (including phenoxy) is 2. The van der Waals surface area contributed by atoms with Gasteiger partial charge >= 0.3 is 11.9 Å². The van der Waals surface area contributed by atoms with Crippen molar-refractivity contribution < 1.29 is 19.1 Å². The Morgan fingerprint density at radius 1 is 0.633 bits per heavy atom. The van der Waals surface area contributed by atoms with Crippen LogP contribution in [0.5, 0.6) is 0 Å². The average molecular weight is 396 g/mol. The van der Waals surface area contributed by atoms with Gasteiger partial charge in [0.15, 0.2) is 0 Å². The van der Waals surface area contributed by atoms with E-state index in [1.807, 2.05) is 12.1 Å². The summed E-state index contributed by atoms with van der Waals surface area (Å²) in [6, 6.07) is 23.7. The number of nitrogens with zero attached hydrogens (tertiary/aromatic N) is 2. The number of esters is 2. The van der Waals surface area contributed by atoms with Gasteiger partial charge in [-0.05, 0) is 36.4 Å². The zero-order valence-electron chi connectivity index (χ0n) is 15.9. The molecule has 0 aliphatic carbocycles. The SMILES string of the molecule is N#Cc1ccccc1COC(=O)c1ccc(C(=O)OCc2ccccc2C#N)cc1. The molecule has 0 saturated carbocycles. The normalized spacial score (nSPS) is 9.80. The number of carbonyl (C=O) groups is 2. The molecule has 3 rings (SSSR count). The fourth-order valence-corrected chi connectivity index (χ4v) is 2.71. The lowest BCUT2D eigenvalue weighted by atomic mass is 10.1. The van der Waals surface area contributed by atoms with Crippen LogP contribution < -0.4 is 0 Å². The Morgan fingerprint density at radius 3 is 1.37 bits per heavy atom. The highest BCUT2D eigenvalue weighted by Crippen LogP contribution is 2.14. The van der Waals surface area contributed by atoms with Gasteiger partial charge in [-0.3, -0.25) is 0 Å². The van der Waals surface area contributed by atoms with E-state index in [9.17, 15) is 9.59 Å². The van der Waals surface area contributed by atoms with E-state index in [0.717, 1.165) is 0 Å². The maximum Gasteiger partial charge on any atom is 0.338 e. The fraction of sp³-hybridized carbons (Fsp3) is 0.0833. The fourth-order valence-electron chi connectivity index (χ4n) is 2.71. The van der Waals surface area contributed by atoms with Crippen molar-refractivity contribution in [3.8, 4) is 12.1 Å². The standard InChI is InChI=1S/C24H16N2O4/c25-13-19-5-1-3-7-21(19)15-29-23(27)17-9-11-18(12-10-17)24(28)30-16-22-8-4-2-6-20(22)14-26/h1-12H,15-16H2. The Hall–Kier alpha value is -4.42. The highest BCUT2D eigenvalue weighted by atomic mass is 16.5. The quantitative estimate of drug-likeness (QED) is 0.581. The van der Waals surface area contributed by atoms with Gasteiger partial charge in [-0.15, -0.1) is 0 Å². The Bertz CT molecular complexity index is 1060. The van der Waals surface area contributed by atoms with E-state index in [0.29, 0.717) is 22.3 Å². The Kier molecular flexibility index (Phi) is 6.55.